The summed E-state index contributed by atoms with van der Waals surface area (Å²) in [6, 6.07) is 6.57. The maximum atomic E-state index is 11.7. The molecule has 1 aromatic heterocycles. The van der Waals surface area contributed by atoms with Gasteiger partial charge in [-0.3, -0.25) is 0 Å². The molecular weight excluding hydrogens is 216 g/mol. The molecule has 3 nitrogen and oxygen atoms in total. The highest BCUT2D eigenvalue weighted by Gasteiger charge is 2.04. The van der Waals surface area contributed by atoms with E-state index in [1.807, 2.05) is 19.1 Å². The number of phenols is 1. The molecular formula is C14H14O3. The summed E-state index contributed by atoms with van der Waals surface area (Å²) in [6.07, 6.45) is 5.50. The highest BCUT2D eigenvalue weighted by atomic mass is 16.4. The largest absolute Gasteiger partial charge is 0.508 e. The van der Waals surface area contributed by atoms with Gasteiger partial charge in [0, 0.05) is 17.0 Å². The number of phenolic OH excluding ortho intramolecular Hbond substituents is 1. The van der Waals surface area contributed by atoms with Gasteiger partial charge in [-0.05, 0) is 31.0 Å². The van der Waals surface area contributed by atoms with Crippen molar-refractivity contribution in [3.8, 4) is 5.75 Å². The van der Waals surface area contributed by atoms with Crippen LogP contribution in [-0.4, -0.2) is 5.11 Å². The lowest BCUT2D eigenvalue weighted by Gasteiger charge is -2.00. The van der Waals surface area contributed by atoms with Crippen LogP contribution in [-0.2, 0) is 6.42 Å². The Bertz CT molecular complexity index is 608. The van der Waals surface area contributed by atoms with Crippen molar-refractivity contribution in [1.82, 2.24) is 0 Å². The molecule has 0 aliphatic carbocycles. The summed E-state index contributed by atoms with van der Waals surface area (Å²) in [7, 11) is 0. The molecule has 0 aliphatic rings. The lowest BCUT2D eigenvalue weighted by atomic mass is 10.1. The van der Waals surface area contributed by atoms with Crippen LogP contribution in [0.5, 0.6) is 5.75 Å². The first-order valence-electron chi connectivity index (χ1n) is 5.61. The van der Waals surface area contributed by atoms with Crippen LogP contribution in [0.1, 0.15) is 18.9 Å². The van der Waals surface area contributed by atoms with Gasteiger partial charge in [-0.25, -0.2) is 4.79 Å². The van der Waals surface area contributed by atoms with Gasteiger partial charge >= 0.3 is 5.63 Å². The number of benzene rings is 1. The number of allylic oxidation sites excluding steroid dienone is 2. The molecule has 0 amide bonds. The second-order valence-corrected chi connectivity index (χ2v) is 3.87. The maximum absolute atomic E-state index is 11.7. The van der Waals surface area contributed by atoms with Crippen molar-refractivity contribution >= 4 is 11.0 Å². The van der Waals surface area contributed by atoms with Crippen molar-refractivity contribution in [2.75, 3.05) is 0 Å². The van der Waals surface area contributed by atoms with Gasteiger partial charge in [0.1, 0.15) is 11.3 Å². The smallest absolute Gasteiger partial charge is 0.339 e. The van der Waals surface area contributed by atoms with E-state index in [0.29, 0.717) is 17.6 Å². The standard InChI is InChI=1S/C14H14O3/c1-2-3-4-5-11-8-10-6-7-12(15)9-13(10)17-14(11)16/h3-4,6-9,15H,2,5H2,1H3/b4-3+. The Morgan fingerprint density at radius 1 is 1.29 bits per heavy atom. The van der Waals surface area contributed by atoms with E-state index in [1.54, 1.807) is 18.2 Å². The van der Waals surface area contributed by atoms with Crippen LogP contribution in [0.2, 0.25) is 0 Å². The number of rotatable bonds is 3. The fourth-order valence-corrected chi connectivity index (χ4v) is 1.66. The quantitative estimate of drug-likeness (QED) is 0.651. The van der Waals surface area contributed by atoms with Crippen molar-refractivity contribution in [2.24, 2.45) is 0 Å². The Balaban J connectivity index is 2.45. The van der Waals surface area contributed by atoms with E-state index >= 15 is 0 Å². The second-order valence-electron chi connectivity index (χ2n) is 3.87. The normalized spacial score (nSPS) is 11.4. The summed E-state index contributed by atoms with van der Waals surface area (Å²) >= 11 is 0. The van der Waals surface area contributed by atoms with E-state index in [2.05, 4.69) is 0 Å². The van der Waals surface area contributed by atoms with Gasteiger partial charge in [0.15, 0.2) is 0 Å². The number of fused-ring (bicyclic) bond motifs is 1. The molecule has 0 spiro atoms. The molecule has 0 fully saturated rings. The molecule has 0 bridgehead atoms. The summed E-state index contributed by atoms with van der Waals surface area (Å²) in [5, 5.41) is 10.1. The number of hydrogen-bond donors (Lipinski definition) is 1. The highest BCUT2D eigenvalue weighted by molar-refractivity contribution is 5.78. The lowest BCUT2D eigenvalue weighted by Crippen LogP contribution is -2.05. The molecule has 0 aliphatic heterocycles. The molecule has 0 radical (unpaired) electrons. The molecule has 1 heterocycles. The fraction of sp³-hybridized carbons (Fsp3) is 0.214. The lowest BCUT2D eigenvalue weighted by molar-refractivity contribution is 0.473. The third-order valence-corrected chi connectivity index (χ3v) is 2.53. The Morgan fingerprint density at radius 2 is 2.12 bits per heavy atom. The summed E-state index contributed by atoms with van der Waals surface area (Å²) in [5.41, 5.74) is 0.704. The third kappa shape index (κ3) is 2.56. The molecule has 1 N–H and O–H groups in total. The van der Waals surface area contributed by atoms with Crippen LogP contribution in [0.3, 0.4) is 0 Å². The first-order chi connectivity index (χ1) is 8.20. The maximum Gasteiger partial charge on any atom is 0.339 e. The minimum atomic E-state index is -0.344. The minimum absolute atomic E-state index is 0.0966. The molecule has 2 rings (SSSR count). The Labute approximate surface area is 99.0 Å². The summed E-state index contributed by atoms with van der Waals surface area (Å²) in [5.74, 6) is 0.0966. The van der Waals surface area contributed by atoms with Crippen molar-refractivity contribution in [2.45, 2.75) is 19.8 Å². The Kier molecular flexibility index (Phi) is 3.28. The minimum Gasteiger partial charge on any atom is -0.508 e. The third-order valence-electron chi connectivity index (χ3n) is 2.53. The molecule has 0 saturated carbocycles. The predicted octanol–water partition coefficient (Wildman–Crippen LogP) is 3.01. The van der Waals surface area contributed by atoms with Gasteiger partial charge in [0.05, 0.1) is 0 Å². The van der Waals surface area contributed by atoms with Crippen molar-refractivity contribution in [1.29, 1.82) is 0 Å². The first-order valence-corrected chi connectivity index (χ1v) is 5.61. The zero-order valence-electron chi connectivity index (χ0n) is 9.64. The summed E-state index contributed by atoms with van der Waals surface area (Å²) in [4.78, 5) is 11.7. The number of hydrogen-bond acceptors (Lipinski definition) is 3. The van der Waals surface area contributed by atoms with Gasteiger partial charge in [0.25, 0.3) is 0 Å². The van der Waals surface area contributed by atoms with Crippen molar-refractivity contribution < 1.29 is 9.52 Å². The Hall–Kier alpha value is -2.03. The van der Waals surface area contributed by atoms with Gasteiger partial charge < -0.3 is 9.52 Å². The average molecular weight is 230 g/mol. The van der Waals surface area contributed by atoms with E-state index in [4.69, 9.17) is 4.42 Å². The van der Waals surface area contributed by atoms with Crippen LogP contribution in [0.15, 0.2) is 45.6 Å². The van der Waals surface area contributed by atoms with E-state index in [1.165, 1.54) is 6.07 Å². The zero-order valence-corrected chi connectivity index (χ0v) is 9.64. The van der Waals surface area contributed by atoms with Crippen molar-refractivity contribution in [3.63, 3.8) is 0 Å². The first kappa shape index (κ1) is 11.5. The van der Waals surface area contributed by atoms with Crippen LogP contribution in [0, 0.1) is 0 Å². The monoisotopic (exact) mass is 230 g/mol. The second kappa shape index (κ2) is 4.87. The van der Waals surface area contributed by atoms with Gasteiger partial charge in [-0.1, -0.05) is 19.1 Å². The van der Waals surface area contributed by atoms with Crippen LogP contribution < -0.4 is 5.63 Å². The molecule has 0 saturated heterocycles. The topological polar surface area (TPSA) is 50.4 Å². The van der Waals surface area contributed by atoms with Crippen LogP contribution >= 0.6 is 0 Å². The van der Waals surface area contributed by atoms with Gasteiger partial charge in [0.2, 0.25) is 0 Å². The molecule has 1 aromatic carbocycles. The van der Waals surface area contributed by atoms with E-state index in [-0.39, 0.29) is 11.4 Å². The predicted molar refractivity (Wildman–Crippen MR) is 67.3 cm³/mol. The zero-order chi connectivity index (χ0) is 12.3. The average Bonchev–Trinajstić information content (AvgIpc) is 2.30. The van der Waals surface area contributed by atoms with Gasteiger partial charge in [-0.15, -0.1) is 0 Å². The molecule has 88 valence electrons. The Morgan fingerprint density at radius 3 is 2.88 bits per heavy atom. The molecule has 2 aromatic rings. The van der Waals surface area contributed by atoms with Gasteiger partial charge in [-0.2, -0.15) is 0 Å². The molecule has 0 atom stereocenters. The van der Waals surface area contributed by atoms with E-state index < -0.39 is 0 Å². The molecule has 0 unspecified atom stereocenters. The highest BCUT2D eigenvalue weighted by Crippen LogP contribution is 2.19. The van der Waals surface area contributed by atoms with E-state index in [0.717, 1.165) is 11.8 Å². The number of aromatic hydroxyl groups is 1. The SMILES string of the molecule is CC/C=C/Cc1cc2ccc(O)cc2oc1=O. The van der Waals surface area contributed by atoms with E-state index in [9.17, 15) is 9.90 Å². The van der Waals surface area contributed by atoms with Crippen LogP contribution in [0.25, 0.3) is 11.0 Å². The molecule has 3 heteroatoms. The fourth-order valence-electron chi connectivity index (χ4n) is 1.66. The van der Waals surface area contributed by atoms with Crippen molar-refractivity contribution in [3.05, 3.63) is 52.4 Å². The summed E-state index contributed by atoms with van der Waals surface area (Å²) < 4.78 is 5.15. The molecule has 17 heavy (non-hydrogen) atoms. The summed E-state index contributed by atoms with van der Waals surface area (Å²) in [6.45, 7) is 2.04. The van der Waals surface area contributed by atoms with Crippen LogP contribution in [0.4, 0.5) is 0 Å².